The zero-order chi connectivity index (χ0) is 15.0. The highest BCUT2D eigenvalue weighted by Crippen LogP contribution is 2.27. The molecule has 106 valence electrons. The number of H-pyrrole nitrogens is 1. The molecule has 21 heavy (non-hydrogen) atoms. The lowest BCUT2D eigenvalue weighted by atomic mass is 10.1. The minimum atomic E-state index is -0.617. The first kappa shape index (κ1) is 13.4. The average Bonchev–Trinajstić information content (AvgIpc) is 2.87. The second-order valence-corrected chi connectivity index (χ2v) is 5.41. The van der Waals surface area contributed by atoms with Gasteiger partial charge in [-0.05, 0) is 13.0 Å². The Morgan fingerprint density at radius 1 is 1.29 bits per heavy atom. The lowest BCUT2D eigenvalue weighted by Crippen LogP contribution is -2.13. The van der Waals surface area contributed by atoms with Gasteiger partial charge in [0.2, 0.25) is 5.88 Å². The molecule has 0 fully saturated rings. The molecule has 0 aliphatic rings. The van der Waals surface area contributed by atoms with Gasteiger partial charge in [0.05, 0.1) is 5.01 Å². The fourth-order valence-electron chi connectivity index (χ4n) is 1.96. The number of halogens is 1. The van der Waals surface area contributed by atoms with Crippen LogP contribution in [0.1, 0.15) is 5.01 Å². The van der Waals surface area contributed by atoms with Crippen LogP contribution >= 0.6 is 11.3 Å². The van der Waals surface area contributed by atoms with Crippen LogP contribution < -0.4 is 5.56 Å². The molecule has 0 unspecified atom stereocenters. The Balaban J connectivity index is 2.18. The maximum Gasteiger partial charge on any atom is 0.263 e. The van der Waals surface area contributed by atoms with Gasteiger partial charge in [-0.15, -0.1) is 11.3 Å². The van der Waals surface area contributed by atoms with Crippen LogP contribution in [0.3, 0.4) is 0 Å². The van der Waals surface area contributed by atoms with Crippen LogP contribution in [-0.2, 0) is 0 Å². The van der Waals surface area contributed by atoms with Gasteiger partial charge in [0, 0.05) is 10.9 Å². The van der Waals surface area contributed by atoms with Gasteiger partial charge in [-0.3, -0.25) is 4.79 Å². The number of hydrogen-bond donors (Lipinski definition) is 2. The van der Waals surface area contributed by atoms with E-state index in [-0.39, 0.29) is 17.0 Å². The normalized spacial score (nSPS) is 10.8. The lowest BCUT2D eigenvalue weighted by molar-refractivity contribution is 0.453. The van der Waals surface area contributed by atoms with Crippen molar-refractivity contribution < 1.29 is 9.50 Å². The summed E-state index contributed by atoms with van der Waals surface area (Å²) in [5.41, 5.74) is -0.341. The lowest BCUT2D eigenvalue weighted by Gasteiger charge is -2.05. The SMILES string of the molecule is Cc1nc(-c2nc(O)c(-c3ccccc3F)c(=O)[nH]2)cs1. The van der Waals surface area contributed by atoms with Crippen molar-refractivity contribution in [3.05, 3.63) is 50.8 Å². The minimum Gasteiger partial charge on any atom is -0.493 e. The molecule has 3 aromatic rings. The van der Waals surface area contributed by atoms with Gasteiger partial charge >= 0.3 is 0 Å². The maximum atomic E-state index is 13.8. The molecule has 0 saturated carbocycles. The molecule has 0 spiro atoms. The molecular weight excluding hydrogens is 293 g/mol. The molecular formula is C14H10FN3O2S. The van der Waals surface area contributed by atoms with Gasteiger partial charge in [-0.1, -0.05) is 18.2 Å². The zero-order valence-corrected chi connectivity index (χ0v) is 11.7. The fraction of sp³-hybridized carbons (Fsp3) is 0.0714. The minimum absolute atomic E-state index is 0.00441. The van der Waals surface area contributed by atoms with E-state index in [1.807, 2.05) is 6.92 Å². The quantitative estimate of drug-likeness (QED) is 0.763. The zero-order valence-electron chi connectivity index (χ0n) is 10.9. The van der Waals surface area contributed by atoms with E-state index in [0.29, 0.717) is 5.69 Å². The monoisotopic (exact) mass is 303 g/mol. The second kappa shape index (κ2) is 5.10. The van der Waals surface area contributed by atoms with Crippen molar-refractivity contribution in [3.8, 4) is 28.5 Å². The summed E-state index contributed by atoms with van der Waals surface area (Å²) in [4.78, 5) is 22.8. The summed E-state index contributed by atoms with van der Waals surface area (Å²) >= 11 is 1.40. The number of aromatic hydroxyl groups is 1. The molecule has 2 aromatic heterocycles. The Labute approximate surface area is 122 Å². The summed E-state index contributed by atoms with van der Waals surface area (Å²) in [7, 11) is 0. The first-order valence-corrected chi connectivity index (χ1v) is 6.95. The molecule has 0 aliphatic heterocycles. The third kappa shape index (κ3) is 2.43. The van der Waals surface area contributed by atoms with Crippen LogP contribution in [0.4, 0.5) is 4.39 Å². The number of aryl methyl sites for hydroxylation is 1. The van der Waals surface area contributed by atoms with Gasteiger partial charge in [0.25, 0.3) is 5.56 Å². The van der Waals surface area contributed by atoms with E-state index in [1.54, 1.807) is 11.4 Å². The third-order valence-electron chi connectivity index (χ3n) is 2.91. The predicted molar refractivity (Wildman–Crippen MR) is 77.8 cm³/mol. The summed E-state index contributed by atoms with van der Waals surface area (Å²) in [6.07, 6.45) is 0. The smallest absolute Gasteiger partial charge is 0.263 e. The number of thiazole rings is 1. The predicted octanol–water partition coefficient (Wildman–Crippen LogP) is 2.71. The van der Waals surface area contributed by atoms with Crippen molar-refractivity contribution in [2.24, 2.45) is 0 Å². The van der Waals surface area contributed by atoms with E-state index in [9.17, 15) is 14.3 Å². The highest BCUT2D eigenvalue weighted by molar-refractivity contribution is 7.09. The van der Waals surface area contributed by atoms with Crippen molar-refractivity contribution in [1.82, 2.24) is 15.0 Å². The van der Waals surface area contributed by atoms with Crippen LogP contribution in [0.15, 0.2) is 34.4 Å². The number of aromatic nitrogens is 3. The van der Waals surface area contributed by atoms with E-state index in [1.165, 1.54) is 29.5 Å². The van der Waals surface area contributed by atoms with Crippen LogP contribution in [0.25, 0.3) is 22.6 Å². The standard InChI is InChI=1S/C14H10FN3O2S/c1-7-16-10(6-21-7)12-17-13(19)11(14(20)18-12)8-4-2-3-5-9(8)15/h2-6H,1H3,(H2,17,18,19,20). The summed E-state index contributed by atoms with van der Waals surface area (Å²) in [5, 5.41) is 12.5. The molecule has 2 heterocycles. The molecule has 0 bridgehead atoms. The molecule has 5 nitrogen and oxygen atoms in total. The van der Waals surface area contributed by atoms with Crippen LogP contribution in [-0.4, -0.2) is 20.1 Å². The van der Waals surface area contributed by atoms with Crippen molar-refractivity contribution in [3.63, 3.8) is 0 Å². The Kier molecular flexibility index (Phi) is 3.26. The molecule has 0 amide bonds. The van der Waals surface area contributed by atoms with Gasteiger partial charge in [-0.2, -0.15) is 4.98 Å². The largest absolute Gasteiger partial charge is 0.493 e. The van der Waals surface area contributed by atoms with E-state index in [2.05, 4.69) is 15.0 Å². The fourth-order valence-corrected chi connectivity index (χ4v) is 2.56. The Hall–Kier alpha value is -2.54. The van der Waals surface area contributed by atoms with E-state index in [4.69, 9.17) is 0 Å². The van der Waals surface area contributed by atoms with Crippen LogP contribution in [0.2, 0.25) is 0 Å². The molecule has 0 radical (unpaired) electrons. The van der Waals surface area contributed by atoms with Crippen molar-refractivity contribution in [2.45, 2.75) is 6.92 Å². The van der Waals surface area contributed by atoms with E-state index >= 15 is 0 Å². The number of benzene rings is 1. The van der Waals surface area contributed by atoms with Gasteiger partial charge in [0.1, 0.15) is 17.1 Å². The van der Waals surface area contributed by atoms with Crippen molar-refractivity contribution >= 4 is 11.3 Å². The van der Waals surface area contributed by atoms with Crippen molar-refractivity contribution in [1.29, 1.82) is 0 Å². The average molecular weight is 303 g/mol. The highest BCUT2D eigenvalue weighted by atomic mass is 32.1. The molecule has 7 heteroatoms. The molecule has 2 N–H and O–H groups in total. The Bertz CT molecular complexity index is 873. The van der Waals surface area contributed by atoms with E-state index in [0.717, 1.165) is 5.01 Å². The first-order chi connectivity index (χ1) is 10.1. The second-order valence-electron chi connectivity index (χ2n) is 4.34. The van der Waals surface area contributed by atoms with Crippen molar-refractivity contribution in [2.75, 3.05) is 0 Å². The molecule has 0 atom stereocenters. The highest BCUT2D eigenvalue weighted by Gasteiger charge is 2.17. The van der Waals surface area contributed by atoms with Crippen LogP contribution in [0, 0.1) is 12.7 Å². The summed E-state index contributed by atoms with van der Waals surface area (Å²) < 4.78 is 13.8. The summed E-state index contributed by atoms with van der Waals surface area (Å²) in [5.74, 6) is -0.969. The number of rotatable bonds is 2. The summed E-state index contributed by atoms with van der Waals surface area (Å²) in [6.45, 7) is 1.82. The van der Waals surface area contributed by atoms with Gasteiger partial charge < -0.3 is 10.1 Å². The Morgan fingerprint density at radius 2 is 2.05 bits per heavy atom. The number of hydrogen-bond acceptors (Lipinski definition) is 5. The molecule has 0 aliphatic carbocycles. The number of nitrogens with one attached hydrogen (secondary N) is 1. The van der Waals surface area contributed by atoms with Gasteiger partial charge in [0.15, 0.2) is 5.82 Å². The van der Waals surface area contributed by atoms with Crippen LogP contribution in [0.5, 0.6) is 5.88 Å². The van der Waals surface area contributed by atoms with Gasteiger partial charge in [-0.25, -0.2) is 9.37 Å². The molecule has 0 saturated heterocycles. The molecule has 3 rings (SSSR count). The van der Waals surface area contributed by atoms with E-state index < -0.39 is 17.3 Å². The molecule has 1 aromatic carbocycles. The number of nitrogens with zero attached hydrogens (tertiary/aromatic N) is 2. The topological polar surface area (TPSA) is 78.9 Å². The maximum absolute atomic E-state index is 13.8. The summed E-state index contributed by atoms with van der Waals surface area (Å²) in [6, 6.07) is 5.71. The number of aromatic amines is 1. The third-order valence-corrected chi connectivity index (χ3v) is 3.68. The Morgan fingerprint density at radius 3 is 2.67 bits per heavy atom. The first-order valence-electron chi connectivity index (χ1n) is 6.07.